The topological polar surface area (TPSA) is 32.8 Å². The Labute approximate surface area is 446 Å². The molecule has 2 heterocycles. The lowest BCUT2D eigenvalue weighted by Crippen LogP contribution is -2.17. The third kappa shape index (κ3) is 7.21. The van der Waals surface area contributed by atoms with Gasteiger partial charge in [0.25, 0.3) is 0 Å². The van der Waals surface area contributed by atoms with E-state index < -0.39 is 0 Å². The van der Waals surface area contributed by atoms with E-state index in [4.69, 9.17) is 8.83 Å². The Bertz CT molecular complexity index is 4570. The normalized spacial score (nSPS) is 12.6. The highest BCUT2D eigenvalue weighted by molar-refractivity contribution is 6.15. The molecular weight excluding hydrogens is 937 g/mol. The molecular formula is C73H50N2O2. The summed E-state index contributed by atoms with van der Waals surface area (Å²) in [4.78, 5) is 4.74. The van der Waals surface area contributed by atoms with Gasteiger partial charge < -0.3 is 18.6 Å². The summed E-state index contributed by atoms with van der Waals surface area (Å²) in [6.07, 6.45) is 0. The summed E-state index contributed by atoms with van der Waals surface area (Å²) < 4.78 is 13.5. The molecule has 4 heteroatoms. The summed E-state index contributed by atoms with van der Waals surface area (Å²) in [6.45, 7) is 4.78. The van der Waals surface area contributed by atoms with Gasteiger partial charge in [-0.25, -0.2) is 0 Å². The molecule has 1 aliphatic carbocycles. The Hall–Kier alpha value is -9.90. The maximum absolute atomic E-state index is 6.82. The molecule has 0 radical (unpaired) electrons. The Kier molecular flexibility index (Phi) is 10.2. The second kappa shape index (κ2) is 17.6. The largest absolute Gasteiger partial charge is 0.454 e. The lowest BCUT2D eigenvalue weighted by Gasteiger charge is -2.30. The molecule has 0 aliphatic heterocycles. The number of hydrogen-bond donors (Lipinski definition) is 0. The highest BCUT2D eigenvalue weighted by Gasteiger charge is 2.38. The molecule has 77 heavy (non-hydrogen) atoms. The minimum atomic E-state index is -0.332. The van der Waals surface area contributed by atoms with E-state index in [1.54, 1.807) is 0 Å². The van der Waals surface area contributed by atoms with Gasteiger partial charge in [0.2, 0.25) is 0 Å². The Morgan fingerprint density at radius 3 is 1.22 bits per heavy atom. The minimum absolute atomic E-state index is 0.332. The number of anilines is 6. The monoisotopic (exact) mass is 986 g/mol. The SMILES string of the molecule is CC1(C)c2cc(-c3ccc(N(c4ccc(-c5ccccc5)cc4)c4cccc5c4oc4ccccc45)cc3)ccc2-c2c1cc(N(c1ccc(-c3ccccc3)cc1)c1cccc3c1oc1ccccc13)c1ccccc21. The highest BCUT2D eigenvalue weighted by Crippen LogP contribution is 2.56. The van der Waals surface area contributed by atoms with Crippen molar-refractivity contribution in [3.8, 4) is 44.5 Å². The molecule has 0 bridgehead atoms. The van der Waals surface area contributed by atoms with E-state index in [9.17, 15) is 0 Å². The third-order valence-electron chi connectivity index (χ3n) is 16.1. The zero-order chi connectivity index (χ0) is 51.2. The van der Waals surface area contributed by atoms with Gasteiger partial charge in [0.1, 0.15) is 11.2 Å². The van der Waals surface area contributed by atoms with Crippen LogP contribution in [0, 0.1) is 0 Å². The van der Waals surface area contributed by atoms with Crippen molar-refractivity contribution < 1.29 is 8.83 Å². The maximum Gasteiger partial charge on any atom is 0.159 e. The van der Waals surface area contributed by atoms with Crippen molar-refractivity contribution >= 4 is 88.8 Å². The number of nitrogens with zero attached hydrogens (tertiary/aromatic N) is 2. The van der Waals surface area contributed by atoms with Crippen molar-refractivity contribution in [2.75, 3.05) is 9.80 Å². The molecule has 4 nitrogen and oxygen atoms in total. The Balaban J connectivity index is 0.841. The molecule has 2 aromatic heterocycles. The lowest BCUT2D eigenvalue weighted by atomic mass is 9.81. The van der Waals surface area contributed by atoms with Gasteiger partial charge in [0.15, 0.2) is 11.2 Å². The first kappa shape index (κ1) is 44.6. The third-order valence-corrected chi connectivity index (χ3v) is 16.1. The standard InChI is InChI=1S/C73H50N2O2/c1-73(2)63-45-52(51-35-40-54(41-36-51)74(53-38-31-49(32-39-53)47-17-5-3-6-18-47)65-27-15-25-60-57-22-11-13-29-68(57)76-71(60)65)37-44-62(63)70-59-24-10-9-21-56(59)67(46-64(70)73)75(55-42-33-50(34-43-55)48-19-7-4-8-20-48)66-28-16-26-61-58-23-12-14-30-69(58)77-72(61)66/h3-46H,1-2H3. The highest BCUT2D eigenvalue weighted by atomic mass is 16.3. The van der Waals surface area contributed by atoms with Crippen LogP contribution in [0.5, 0.6) is 0 Å². The van der Waals surface area contributed by atoms with Gasteiger partial charge in [0, 0.05) is 49.4 Å². The van der Waals surface area contributed by atoms with Crippen LogP contribution < -0.4 is 9.80 Å². The van der Waals surface area contributed by atoms with Crippen LogP contribution in [0.4, 0.5) is 34.1 Å². The van der Waals surface area contributed by atoms with Crippen LogP contribution in [0.1, 0.15) is 25.0 Å². The van der Waals surface area contributed by atoms with Gasteiger partial charge >= 0.3 is 0 Å². The summed E-state index contributed by atoms with van der Waals surface area (Å²) in [5.74, 6) is 0. The Morgan fingerprint density at radius 1 is 0.286 bits per heavy atom. The fraction of sp³-hybridized carbons (Fsp3) is 0.0411. The van der Waals surface area contributed by atoms with Gasteiger partial charge in [-0.15, -0.1) is 0 Å². The molecule has 0 unspecified atom stereocenters. The average Bonchev–Trinajstić information content (AvgIpc) is 4.20. The van der Waals surface area contributed by atoms with Crippen molar-refractivity contribution in [2.45, 2.75) is 19.3 Å². The second-order valence-electron chi connectivity index (χ2n) is 20.8. The summed E-state index contributed by atoms with van der Waals surface area (Å²) >= 11 is 0. The quantitative estimate of drug-likeness (QED) is 0.144. The first-order valence-corrected chi connectivity index (χ1v) is 26.5. The van der Waals surface area contributed by atoms with E-state index in [1.807, 2.05) is 12.1 Å². The lowest BCUT2D eigenvalue weighted by molar-refractivity contribution is 0.661. The molecule has 0 spiro atoms. The van der Waals surface area contributed by atoms with Crippen LogP contribution in [-0.2, 0) is 5.41 Å². The summed E-state index contributed by atoms with van der Waals surface area (Å²) in [5.41, 5.74) is 21.6. The minimum Gasteiger partial charge on any atom is -0.454 e. The number of para-hydroxylation sites is 4. The average molecular weight is 987 g/mol. The van der Waals surface area contributed by atoms with Crippen LogP contribution in [0.2, 0.25) is 0 Å². The number of fused-ring (bicyclic) bond motifs is 11. The molecule has 364 valence electrons. The first-order chi connectivity index (χ1) is 37.9. The van der Waals surface area contributed by atoms with E-state index in [0.717, 1.165) is 83.6 Å². The molecule has 0 saturated heterocycles. The zero-order valence-corrected chi connectivity index (χ0v) is 42.6. The predicted octanol–water partition coefficient (Wildman–Crippen LogP) is 20.9. The second-order valence-corrected chi connectivity index (χ2v) is 20.8. The molecule has 0 fully saturated rings. The molecule has 0 amide bonds. The smallest absolute Gasteiger partial charge is 0.159 e. The molecule has 0 atom stereocenters. The molecule has 0 saturated carbocycles. The Morgan fingerprint density at radius 2 is 0.688 bits per heavy atom. The van der Waals surface area contributed by atoms with Gasteiger partial charge in [-0.05, 0) is 134 Å². The fourth-order valence-corrected chi connectivity index (χ4v) is 12.3. The van der Waals surface area contributed by atoms with Gasteiger partial charge in [-0.2, -0.15) is 0 Å². The van der Waals surface area contributed by atoms with Gasteiger partial charge in [0.05, 0.1) is 17.1 Å². The van der Waals surface area contributed by atoms with Crippen LogP contribution in [0.25, 0.3) is 99.2 Å². The summed E-state index contributed by atoms with van der Waals surface area (Å²) in [7, 11) is 0. The van der Waals surface area contributed by atoms with Crippen LogP contribution in [-0.4, -0.2) is 0 Å². The van der Waals surface area contributed by atoms with E-state index in [1.165, 1.54) is 60.8 Å². The van der Waals surface area contributed by atoms with Gasteiger partial charge in [-0.3, -0.25) is 0 Å². The van der Waals surface area contributed by atoms with E-state index >= 15 is 0 Å². The number of furan rings is 2. The first-order valence-electron chi connectivity index (χ1n) is 26.5. The van der Waals surface area contributed by atoms with Crippen LogP contribution >= 0.6 is 0 Å². The van der Waals surface area contributed by atoms with Gasteiger partial charge in [-0.1, -0.05) is 208 Å². The van der Waals surface area contributed by atoms with Crippen molar-refractivity contribution in [2.24, 2.45) is 0 Å². The van der Waals surface area contributed by atoms with Crippen LogP contribution in [0.15, 0.2) is 276 Å². The zero-order valence-electron chi connectivity index (χ0n) is 42.6. The predicted molar refractivity (Wildman–Crippen MR) is 322 cm³/mol. The number of hydrogen-bond acceptors (Lipinski definition) is 4. The molecule has 0 N–H and O–H groups in total. The maximum atomic E-state index is 6.82. The number of rotatable bonds is 9. The summed E-state index contributed by atoms with van der Waals surface area (Å²) in [5, 5.41) is 6.80. The fourth-order valence-electron chi connectivity index (χ4n) is 12.3. The molecule has 12 aromatic carbocycles. The van der Waals surface area contributed by atoms with Crippen molar-refractivity contribution in [3.63, 3.8) is 0 Å². The van der Waals surface area contributed by atoms with Crippen molar-refractivity contribution in [1.82, 2.24) is 0 Å². The molecule has 14 aromatic rings. The van der Waals surface area contributed by atoms with Crippen molar-refractivity contribution in [3.05, 3.63) is 278 Å². The van der Waals surface area contributed by atoms with Crippen molar-refractivity contribution in [1.29, 1.82) is 0 Å². The van der Waals surface area contributed by atoms with E-state index in [2.05, 4.69) is 278 Å². The van der Waals surface area contributed by atoms with Crippen LogP contribution in [0.3, 0.4) is 0 Å². The molecule has 1 aliphatic rings. The number of benzene rings is 12. The molecule has 15 rings (SSSR count). The summed E-state index contributed by atoms with van der Waals surface area (Å²) in [6, 6.07) is 96.2. The van der Waals surface area contributed by atoms with E-state index in [0.29, 0.717) is 0 Å². The van der Waals surface area contributed by atoms with E-state index in [-0.39, 0.29) is 5.41 Å².